The Morgan fingerprint density at radius 2 is 1.97 bits per heavy atom. The quantitative estimate of drug-likeness (QED) is 0.571. The van der Waals surface area contributed by atoms with Gasteiger partial charge in [0.25, 0.3) is 0 Å². The number of rotatable bonds is 10. The van der Waals surface area contributed by atoms with Gasteiger partial charge in [-0.05, 0) is 38.9 Å². The van der Waals surface area contributed by atoms with Crippen LogP contribution in [0.3, 0.4) is 0 Å². The van der Waals surface area contributed by atoms with Gasteiger partial charge >= 0.3 is 0 Å². The van der Waals surface area contributed by atoms with Crippen molar-refractivity contribution in [2.75, 3.05) is 46.3 Å². The minimum atomic E-state index is 0.326. The summed E-state index contributed by atoms with van der Waals surface area (Å²) in [7, 11) is 0. The zero-order chi connectivity index (χ0) is 19.9. The second-order valence-electron chi connectivity index (χ2n) is 7.49. The van der Waals surface area contributed by atoms with Crippen molar-refractivity contribution in [3.8, 4) is 11.5 Å². The van der Waals surface area contributed by atoms with Crippen LogP contribution in [0.25, 0.3) is 0 Å². The molecule has 1 fully saturated rings. The summed E-state index contributed by atoms with van der Waals surface area (Å²) in [6, 6.07) is 6.15. The first kappa shape index (κ1) is 20.2. The Kier molecular flexibility index (Phi) is 7.03. The van der Waals surface area contributed by atoms with Crippen LogP contribution >= 0.6 is 0 Å². The van der Waals surface area contributed by atoms with Crippen LogP contribution in [0.4, 0.5) is 0 Å². The van der Waals surface area contributed by atoms with E-state index in [-0.39, 0.29) is 0 Å². The Morgan fingerprint density at radius 1 is 1.10 bits per heavy atom. The van der Waals surface area contributed by atoms with E-state index in [0.717, 1.165) is 57.1 Å². The summed E-state index contributed by atoms with van der Waals surface area (Å²) in [5.41, 5.74) is 1.21. The lowest BCUT2D eigenvalue weighted by atomic mass is 9.95. The third-order valence-corrected chi connectivity index (χ3v) is 5.63. The summed E-state index contributed by atoms with van der Waals surface area (Å²) in [4.78, 5) is 7.15. The fourth-order valence-corrected chi connectivity index (χ4v) is 4.10. The predicted molar refractivity (Wildman–Crippen MR) is 109 cm³/mol. The average Bonchev–Trinajstić information content (AvgIpc) is 3.41. The number of aromatic nitrogens is 2. The van der Waals surface area contributed by atoms with Gasteiger partial charge in [0.15, 0.2) is 11.5 Å². The Morgan fingerprint density at radius 3 is 2.83 bits per heavy atom. The van der Waals surface area contributed by atoms with Gasteiger partial charge in [0.1, 0.15) is 5.82 Å². The summed E-state index contributed by atoms with van der Waals surface area (Å²) in [6.45, 7) is 8.93. The average molecular weight is 402 g/mol. The van der Waals surface area contributed by atoms with Crippen LogP contribution in [0, 0.1) is 0 Å². The van der Waals surface area contributed by atoms with Crippen molar-refractivity contribution in [1.29, 1.82) is 0 Å². The van der Waals surface area contributed by atoms with Gasteiger partial charge in [0.05, 0.1) is 19.8 Å². The molecule has 0 radical (unpaired) electrons. The molecular weight excluding hydrogens is 370 g/mol. The molecule has 0 amide bonds. The van der Waals surface area contributed by atoms with E-state index in [1.54, 1.807) is 0 Å². The number of nitrogens with zero attached hydrogens (tertiary/aromatic N) is 3. The molecule has 1 aromatic carbocycles. The first-order valence-electron chi connectivity index (χ1n) is 10.6. The Hall–Kier alpha value is -2.09. The fraction of sp³-hybridized carbons (Fsp3) is 0.591. The molecule has 3 heterocycles. The molecule has 29 heavy (non-hydrogen) atoms. The molecule has 2 aliphatic rings. The lowest BCUT2D eigenvalue weighted by molar-refractivity contribution is 0.0493. The summed E-state index contributed by atoms with van der Waals surface area (Å²) >= 11 is 0. The minimum Gasteiger partial charge on any atom is -0.454 e. The number of imidazole rings is 1. The number of likely N-dealkylation sites (tertiary alicyclic amines) is 1. The van der Waals surface area contributed by atoms with E-state index in [0.29, 0.717) is 32.5 Å². The molecule has 0 bridgehead atoms. The second kappa shape index (κ2) is 10.1. The van der Waals surface area contributed by atoms with Crippen LogP contribution in [0.1, 0.15) is 37.1 Å². The van der Waals surface area contributed by atoms with Gasteiger partial charge in [-0.15, -0.1) is 0 Å². The van der Waals surface area contributed by atoms with Crippen LogP contribution < -0.4 is 9.47 Å². The number of para-hydroxylation sites is 1. The Labute approximate surface area is 172 Å². The largest absolute Gasteiger partial charge is 0.454 e. The van der Waals surface area contributed by atoms with Gasteiger partial charge in [-0.2, -0.15) is 0 Å². The van der Waals surface area contributed by atoms with Gasteiger partial charge in [0, 0.05) is 43.6 Å². The number of hydrogen-bond donors (Lipinski definition) is 0. The summed E-state index contributed by atoms with van der Waals surface area (Å²) in [5.74, 6) is 3.47. The normalized spacial score (nSPS) is 17.1. The molecule has 0 aliphatic carbocycles. The zero-order valence-corrected chi connectivity index (χ0v) is 17.2. The molecule has 0 unspecified atom stereocenters. The molecule has 0 saturated carbocycles. The van der Waals surface area contributed by atoms with Crippen molar-refractivity contribution in [3.05, 3.63) is 42.0 Å². The number of hydrogen-bond acceptors (Lipinski definition) is 6. The predicted octanol–water partition coefficient (Wildman–Crippen LogP) is 3.04. The molecule has 2 aliphatic heterocycles. The van der Waals surface area contributed by atoms with E-state index in [4.69, 9.17) is 18.9 Å². The van der Waals surface area contributed by atoms with E-state index in [9.17, 15) is 0 Å². The van der Waals surface area contributed by atoms with Crippen LogP contribution in [0.5, 0.6) is 11.5 Å². The lowest BCUT2D eigenvalue weighted by Gasteiger charge is -2.32. The molecular formula is C22H31N3O4. The van der Waals surface area contributed by atoms with E-state index in [2.05, 4.69) is 26.7 Å². The summed E-state index contributed by atoms with van der Waals surface area (Å²) in [6.07, 6.45) is 6.22. The monoisotopic (exact) mass is 401 g/mol. The van der Waals surface area contributed by atoms with Crippen LogP contribution in [0.2, 0.25) is 0 Å². The number of benzene rings is 1. The van der Waals surface area contributed by atoms with E-state index in [1.165, 1.54) is 11.4 Å². The highest BCUT2D eigenvalue weighted by atomic mass is 16.7. The zero-order valence-electron chi connectivity index (χ0n) is 17.2. The van der Waals surface area contributed by atoms with Gasteiger partial charge in [-0.3, -0.25) is 4.90 Å². The highest BCUT2D eigenvalue weighted by Gasteiger charge is 2.25. The molecule has 7 heteroatoms. The van der Waals surface area contributed by atoms with E-state index >= 15 is 0 Å². The maximum atomic E-state index is 5.67. The third-order valence-electron chi connectivity index (χ3n) is 5.63. The van der Waals surface area contributed by atoms with Crippen molar-refractivity contribution in [2.24, 2.45) is 0 Å². The number of fused-ring (bicyclic) bond motifs is 1. The van der Waals surface area contributed by atoms with Crippen molar-refractivity contribution < 1.29 is 18.9 Å². The summed E-state index contributed by atoms with van der Waals surface area (Å²) in [5, 5.41) is 0. The molecule has 4 rings (SSSR count). The molecule has 1 aromatic heterocycles. The molecule has 0 spiro atoms. The SMILES string of the molecule is CCOCCOCCn1ccnc1C1CCN(Cc2cccc3c2OCO3)CC1. The standard InChI is InChI=1S/C22H31N3O4/c1-2-26-14-15-27-13-12-25-11-8-23-22(25)18-6-9-24(10-7-18)16-19-4-3-5-20-21(19)29-17-28-20/h3-5,8,11,18H,2,6-7,9-10,12-17H2,1H3. The number of ether oxygens (including phenoxy) is 4. The van der Waals surface area contributed by atoms with Crippen molar-refractivity contribution in [2.45, 2.75) is 38.8 Å². The molecule has 7 nitrogen and oxygen atoms in total. The minimum absolute atomic E-state index is 0.326. The highest BCUT2D eigenvalue weighted by Crippen LogP contribution is 2.36. The van der Waals surface area contributed by atoms with Crippen LogP contribution in [-0.2, 0) is 22.6 Å². The Balaban J connectivity index is 1.25. The van der Waals surface area contributed by atoms with E-state index < -0.39 is 0 Å². The first-order chi connectivity index (χ1) is 14.3. The van der Waals surface area contributed by atoms with Crippen molar-refractivity contribution in [1.82, 2.24) is 14.5 Å². The highest BCUT2D eigenvalue weighted by molar-refractivity contribution is 5.48. The van der Waals surface area contributed by atoms with Gasteiger partial charge in [-0.1, -0.05) is 12.1 Å². The van der Waals surface area contributed by atoms with Crippen LogP contribution in [0.15, 0.2) is 30.6 Å². The van der Waals surface area contributed by atoms with Crippen LogP contribution in [-0.4, -0.2) is 60.8 Å². The fourth-order valence-electron chi connectivity index (χ4n) is 4.10. The molecule has 1 saturated heterocycles. The topological polar surface area (TPSA) is 58.0 Å². The Bertz CT molecular complexity index is 771. The third kappa shape index (κ3) is 5.10. The lowest BCUT2D eigenvalue weighted by Crippen LogP contribution is -2.33. The smallest absolute Gasteiger partial charge is 0.231 e. The number of piperidine rings is 1. The maximum absolute atomic E-state index is 5.67. The second-order valence-corrected chi connectivity index (χ2v) is 7.49. The maximum Gasteiger partial charge on any atom is 0.231 e. The molecule has 158 valence electrons. The first-order valence-corrected chi connectivity index (χ1v) is 10.6. The van der Waals surface area contributed by atoms with E-state index in [1.807, 2.05) is 25.3 Å². The molecule has 0 N–H and O–H groups in total. The van der Waals surface area contributed by atoms with Crippen molar-refractivity contribution >= 4 is 0 Å². The van der Waals surface area contributed by atoms with Gasteiger partial charge < -0.3 is 23.5 Å². The van der Waals surface area contributed by atoms with Crippen molar-refractivity contribution in [3.63, 3.8) is 0 Å². The van der Waals surface area contributed by atoms with Gasteiger partial charge in [0.2, 0.25) is 6.79 Å². The molecule has 2 aromatic rings. The molecule has 0 atom stereocenters. The van der Waals surface area contributed by atoms with Gasteiger partial charge in [-0.25, -0.2) is 4.98 Å². The summed E-state index contributed by atoms with van der Waals surface area (Å²) < 4.78 is 24.4.